The Balaban J connectivity index is 1.96. The molecule has 158 valence electrons. The van der Waals surface area contributed by atoms with Gasteiger partial charge in [0.15, 0.2) is 16.3 Å². The van der Waals surface area contributed by atoms with Gasteiger partial charge in [0.05, 0.1) is 37.5 Å². The van der Waals surface area contributed by atoms with Gasteiger partial charge in [0, 0.05) is 0 Å². The molecule has 3 aromatic rings. The van der Waals surface area contributed by atoms with E-state index in [-0.39, 0.29) is 19.6 Å². The summed E-state index contributed by atoms with van der Waals surface area (Å²) in [5.41, 5.74) is 1.30. The van der Waals surface area contributed by atoms with Crippen LogP contribution in [0.1, 0.15) is 12.5 Å². The Morgan fingerprint density at radius 2 is 1.87 bits per heavy atom. The summed E-state index contributed by atoms with van der Waals surface area (Å²) in [7, 11) is 3.05. The molecule has 0 unspecified atom stereocenters. The molecule has 1 heterocycles. The third-order valence-electron chi connectivity index (χ3n) is 4.26. The molecule has 30 heavy (non-hydrogen) atoms. The van der Waals surface area contributed by atoms with Crippen LogP contribution in [0.2, 0.25) is 0 Å². The third kappa shape index (κ3) is 4.85. The number of carbonyl (C=O) groups is 2. The number of hydrogen-bond donors (Lipinski definition) is 0. The second kappa shape index (κ2) is 9.53. The smallest absolute Gasteiger partial charge is 0.326 e. The van der Waals surface area contributed by atoms with Gasteiger partial charge in [-0.15, -0.1) is 0 Å². The number of benzene rings is 2. The normalized spacial score (nSPS) is 11.5. The van der Waals surface area contributed by atoms with E-state index in [9.17, 15) is 14.0 Å². The molecule has 0 saturated carbocycles. The van der Waals surface area contributed by atoms with Crippen molar-refractivity contribution in [2.75, 3.05) is 20.8 Å². The number of thiazole rings is 1. The van der Waals surface area contributed by atoms with E-state index in [2.05, 4.69) is 4.99 Å². The van der Waals surface area contributed by atoms with Crippen LogP contribution >= 0.6 is 11.3 Å². The number of hydrogen-bond acceptors (Lipinski definition) is 6. The van der Waals surface area contributed by atoms with Crippen LogP contribution in [0, 0.1) is 5.82 Å². The van der Waals surface area contributed by atoms with Gasteiger partial charge in [-0.25, -0.2) is 4.39 Å². The van der Waals surface area contributed by atoms with Gasteiger partial charge in [-0.05, 0) is 42.8 Å². The minimum Gasteiger partial charge on any atom is -0.493 e. The van der Waals surface area contributed by atoms with E-state index >= 15 is 0 Å². The highest BCUT2D eigenvalue weighted by atomic mass is 32.1. The predicted molar refractivity (Wildman–Crippen MR) is 110 cm³/mol. The van der Waals surface area contributed by atoms with Gasteiger partial charge >= 0.3 is 5.97 Å². The molecular formula is C21H21FN2O5S. The van der Waals surface area contributed by atoms with E-state index in [1.807, 2.05) is 0 Å². The van der Waals surface area contributed by atoms with Gasteiger partial charge in [-0.2, -0.15) is 4.99 Å². The molecule has 0 atom stereocenters. The van der Waals surface area contributed by atoms with Crippen molar-refractivity contribution in [2.45, 2.75) is 19.9 Å². The quantitative estimate of drug-likeness (QED) is 0.536. The lowest BCUT2D eigenvalue weighted by Crippen LogP contribution is -2.23. The van der Waals surface area contributed by atoms with Crippen molar-refractivity contribution >= 4 is 33.4 Å². The van der Waals surface area contributed by atoms with Crippen LogP contribution in [0.15, 0.2) is 41.4 Å². The van der Waals surface area contributed by atoms with Gasteiger partial charge in [-0.3, -0.25) is 9.59 Å². The predicted octanol–water partition coefficient (Wildman–Crippen LogP) is 3.09. The van der Waals surface area contributed by atoms with Crippen LogP contribution in [0.5, 0.6) is 11.5 Å². The van der Waals surface area contributed by atoms with Gasteiger partial charge < -0.3 is 18.8 Å². The highest BCUT2D eigenvalue weighted by Gasteiger charge is 2.14. The molecule has 1 amide bonds. The second-order valence-electron chi connectivity index (χ2n) is 6.26. The maximum Gasteiger partial charge on any atom is 0.326 e. The monoisotopic (exact) mass is 432 g/mol. The van der Waals surface area contributed by atoms with Crippen molar-refractivity contribution in [1.29, 1.82) is 0 Å². The van der Waals surface area contributed by atoms with Crippen molar-refractivity contribution in [3.8, 4) is 11.5 Å². The first-order valence-electron chi connectivity index (χ1n) is 9.18. The molecular weight excluding hydrogens is 411 g/mol. The minimum atomic E-state index is -0.463. The fourth-order valence-electron chi connectivity index (χ4n) is 2.93. The SMILES string of the molecule is CCOC(=O)Cn1c(=NC(=O)Cc2ccc(OC)c(OC)c2)sc2cc(F)ccc21. The number of halogens is 1. The van der Waals surface area contributed by atoms with Gasteiger partial charge in [0.1, 0.15) is 12.4 Å². The number of carbonyl (C=O) groups excluding carboxylic acids is 2. The molecule has 9 heteroatoms. The van der Waals surface area contributed by atoms with Crippen LogP contribution in [0.4, 0.5) is 4.39 Å². The Kier molecular flexibility index (Phi) is 6.83. The number of amides is 1. The van der Waals surface area contributed by atoms with Gasteiger partial charge in [0.25, 0.3) is 5.91 Å². The first-order valence-corrected chi connectivity index (χ1v) is 9.99. The lowest BCUT2D eigenvalue weighted by atomic mass is 10.1. The van der Waals surface area contributed by atoms with E-state index in [1.54, 1.807) is 35.8 Å². The molecule has 3 rings (SSSR count). The summed E-state index contributed by atoms with van der Waals surface area (Å²) in [5.74, 6) is -0.209. The van der Waals surface area contributed by atoms with E-state index in [4.69, 9.17) is 14.2 Å². The second-order valence-corrected chi connectivity index (χ2v) is 7.27. The average Bonchev–Trinajstić information content (AvgIpc) is 3.03. The number of rotatable bonds is 7. The number of ether oxygens (including phenoxy) is 3. The van der Waals surface area contributed by atoms with E-state index in [0.29, 0.717) is 32.1 Å². The van der Waals surface area contributed by atoms with Crippen LogP contribution in [-0.2, 0) is 27.3 Å². The number of aromatic nitrogens is 1. The fraction of sp³-hybridized carbons (Fsp3) is 0.286. The lowest BCUT2D eigenvalue weighted by Gasteiger charge is -2.08. The maximum absolute atomic E-state index is 13.6. The summed E-state index contributed by atoms with van der Waals surface area (Å²) < 4.78 is 31.2. The van der Waals surface area contributed by atoms with Crippen LogP contribution in [0.3, 0.4) is 0 Å². The largest absolute Gasteiger partial charge is 0.493 e. The number of fused-ring (bicyclic) bond motifs is 1. The summed E-state index contributed by atoms with van der Waals surface area (Å²) in [6.45, 7) is 1.82. The van der Waals surface area contributed by atoms with Crippen molar-refractivity contribution in [2.24, 2.45) is 4.99 Å². The molecule has 0 aliphatic carbocycles. The molecule has 0 N–H and O–H groups in total. The molecule has 1 aromatic heterocycles. The Morgan fingerprint density at radius 3 is 2.57 bits per heavy atom. The molecule has 0 radical (unpaired) electrons. The number of methoxy groups -OCH3 is 2. The summed E-state index contributed by atoms with van der Waals surface area (Å²) >= 11 is 1.13. The Hall–Kier alpha value is -3.20. The lowest BCUT2D eigenvalue weighted by molar-refractivity contribution is -0.143. The van der Waals surface area contributed by atoms with E-state index < -0.39 is 17.7 Å². The molecule has 0 saturated heterocycles. The summed E-state index contributed by atoms with van der Waals surface area (Å²) in [4.78, 5) is 29.1. The van der Waals surface area contributed by atoms with E-state index in [1.165, 1.54) is 26.4 Å². The molecule has 2 aromatic carbocycles. The molecule has 0 aliphatic heterocycles. The summed E-state index contributed by atoms with van der Waals surface area (Å²) in [6, 6.07) is 9.37. The first kappa shape index (κ1) is 21.5. The molecule has 0 fully saturated rings. The Labute approximate surface area is 176 Å². The molecule has 0 bridgehead atoms. The molecule has 7 nitrogen and oxygen atoms in total. The van der Waals surface area contributed by atoms with E-state index in [0.717, 1.165) is 11.3 Å². The fourth-order valence-corrected chi connectivity index (χ4v) is 4.00. The topological polar surface area (TPSA) is 79.1 Å². The Morgan fingerprint density at radius 1 is 1.10 bits per heavy atom. The van der Waals surface area contributed by atoms with Crippen molar-refractivity contribution in [3.05, 3.63) is 52.6 Å². The van der Waals surface area contributed by atoms with Crippen LogP contribution < -0.4 is 14.3 Å². The van der Waals surface area contributed by atoms with Crippen LogP contribution in [-0.4, -0.2) is 37.3 Å². The van der Waals surface area contributed by atoms with Crippen molar-refractivity contribution in [1.82, 2.24) is 4.57 Å². The molecule has 0 spiro atoms. The zero-order chi connectivity index (χ0) is 21.7. The van der Waals surface area contributed by atoms with Crippen molar-refractivity contribution < 1.29 is 28.2 Å². The standard InChI is InChI=1S/C21H21FN2O5S/c1-4-29-20(26)12-24-15-7-6-14(22)11-18(15)30-21(24)23-19(25)10-13-5-8-16(27-2)17(9-13)28-3/h5-9,11H,4,10,12H2,1-3H3. The zero-order valence-corrected chi connectivity index (χ0v) is 17.6. The highest BCUT2D eigenvalue weighted by Crippen LogP contribution is 2.27. The summed E-state index contributed by atoms with van der Waals surface area (Å²) in [5, 5.41) is 0. The highest BCUT2D eigenvalue weighted by molar-refractivity contribution is 7.16. The minimum absolute atomic E-state index is 0.0301. The maximum atomic E-state index is 13.6. The zero-order valence-electron chi connectivity index (χ0n) is 16.8. The van der Waals surface area contributed by atoms with Crippen LogP contribution in [0.25, 0.3) is 10.2 Å². The van der Waals surface area contributed by atoms with Crippen molar-refractivity contribution in [3.63, 3.8) is 0 Å². The first-order chi connectivity index (χ1) is 14.4. The Bertz CT molecular complexity index is 1150. The number of esters is 1. The van der Waals surface area contributed by atoms with Gasteiger partial charge in [0.2, 0.25) is 0 Å². The molecule has 0 aliphatic rings. The number of nitrogens with zero attached hydrogens (tertiary/aromatic N) is 2. The third-order valence-corrected chi connectivity index (χ3v) is 5.30. The average molecular weight is 432 g/mol. The summed E-state index contributed by atoms with van der Waals surface area (Å²) in [6.07, 6.45) is 0.0301. The van der Waals surface area contributed by atoms with Gasteiger partial charge in [-0.1, -0.05) is 17.4 Å².